The summed E-state index contributed by atoms with van der Waals surface area (Å²) in [4.78, 5) is 19.7. The van der Waals surface area contributed by atoms with Crippen molar-refractivity contribution in [2.75, 3.05) is 27.2 Å². The molecule has 1 heterocycles. The number of benzene rings is 1. The Kier molecular flexibility index (Phi) is 5.68. The largest absolute Gasteiger partial charge is 0.327 e. The lowest BCUT2D eigenvalue weighted by Crippen LogP contribution is -2.61. The van der Waals surface area contributed by atoms with Crippen molar-refractivity contribution < 1.29 is 9.63 Å². The Morgan fingerprint density at radius 1 is 1.35 bits per heavy atom. The average Bonchev–Trinajstić information content (AvgIpc) is 2.50. The van der Waals surface area contributed by atoms with Crippen molar-refractivity contribution in [3.63, 3.8) is 0 Å². The lowest BCUT2D eigenvalue weighted by Gasteiger charge is -2.44. The van der Waals surface area contributed by atoms with E-state index >= 15 is 0 Å². The standard InChI is InChI=1S/C17H26ClN3O2/c1-12-9-14(18)10-13(2)15(12)11-16(22)20(3)17(19)5-7-21(23-4)8-6-17/h9-10H,5-8,11,19H2,1-4H3. The van der Waals surface area contributed by atoms with Crippen molar-refractivity contribution >= 4 is 17.5 Å². The van der Waals surface area contributed by atoms with E-state index in [2.05, 4.69) is 0 Å². The van der Waals surface area contributed by atoms with Gasteiger partial charge in [-0.15, -0.1) is 0 Å². The van der Waals surface area contributed by atoms with E-state index in [4.69, 9.17) is 22.2 Å². The van der Waals surface area contributed by atoms with Gasteiger partial charge in [0.05, 0.1) is 19.2 Å². The maximum atomic E-state index is 12.7. The van der Waals surface area contributed by atoms with Crippen molar-refractivity contribution in [3.05, 3.63) is 33.8 Å². The molecule has 0 atom stereocenters. The van der Waals surface area contributed by atoms with Crippen LogP contribution in [-0.4, -0.2) is 48.8 Å². The highest BCUT2D eigenvalue weighted by Crippen LogP contribution is 2.25. The van der Waals surface area contributed by atoms with Gasteiger partial charge in [0.15, 0.2) is 0 Å². The van der Waals surface area contributed by atoms with Gasteiger partial charge in [0.25, 0.3) is 0 Å². The number of carbonyl (C=O) groups is 1. The van der Waals surface area contributed by atoms with Gasteiger partial charge in [-0.25, -0.2) is 0 Å². The molecule has 1 aliphatic rings. The highest BCUT2D eigenvalue weighted by molar-refractivity contribution is 6.30. The molecule has 128 valence electrons. The van der Waals surface area contributed by atoms with Crippen LogP contribution in [0.3, 0.4) is 0 Å². The fraction of sp³-hybridized carbons (Fsp3) is 0.588. The molecule has 23 heavy (non-hydrogen) atoms. The molecule has 2 N–H and O–H groups in total. The van der Waals surface area contributed by atoms with Gasteiger partial charge in [-0.05, 0) is 55.5 Å². The lowest BCUT2D eigenvalue weighted by molar-refractivity contribution is -0.166. The van der Waals surface area contributed by atoms with Gasteiger partial charge >= 0.3 is 0 Å². The van der Waals surface area contributed by atoms with Crippen LogP contribution in [0, 0.1) is 13.8 Å². The minimum absolute atomic E-state index is 0.0342. The highest BCUT2D eigenvalue weighted by Gasteiger charge is 2.37. The quantitative estimate of drug-likeness (QED) is 0.855. The van der Waals surface area contributed by atoms with E-state index in [0.717, 1.165) is 29.8 Å². The zero-order valence-corrected chi connectivity index (χ0v) is 15.1. The Balaban J connectivity index is 2.09. The molecule has 0 aliphatic carbocycles. The number of piperidine rings is 1. The van der Waals surface area contributed by atoms with Crippen LogP contribution in [0.1, 0.15) is 29.5 Å². The van der Waals surface area contributed by atoms with Crippen LogP contribution >= 0.6 is 11.6 Å². The monoisotopic (exact) mass is 339 g/mol. The fourth-order valence-corrected chi connectivity index (χ4v) is 3.46. The number of amides is 1. The Bertz CT molecular complexity index is 560. The van der Waals surface area contributed by atoms with Gasteiger partial charge in [-0.3, -0.25) is 4.79 Å². The first-order chi connectivity index (χ1) is 10.8. The second-order valence-corrected chi connectivity index (χ2v) is 6.80. The third-order valence-electron chi connectivity index (χ3n) is 4.88. The Morgan fingerprint density at radius 3 is 2.35 bits per heavy atom. The van der Waals surface area contributed by atoms with Gasteiger partial charge in [0, 0.05) is 25.2 Å². The summed E-state index contributed by atoms with van der Waals surface area (Å²) in [6, 6.07) is 3.79. The molecule has 1 amide bonds. The second kappa shape index (κ2) is 7.18. The van der Waals surface area contributed by atoms with Crippen molar-refractivity contribution in [1.82, 2.24) is 9.96 Å². The van der Waals surface area contributed by atoms with E-state index in [9.17, 15) is 4.79 Å². The molecular weight excluding hydrogens is 314 g/mol. The SMILES string of the molecule is CON1CCC(N)(N(C)C(=O)Cc2c(C)cc(Cl)cc2C)CC1. The number of hydroxylamine groups is 2. The molecule has 0 unspecified atom stereocenters. The zero-order valence-electron chi connectivity index (χ0n) is 14.4. The predicted octanol–water partition coefficient (Wildman–Crippen LogP) is 2.27. The molecule has 0 aromatic heterocycles. The smallest absolute Gasteiger partial charge is 0.228 e. The summed E-state index contributed by atoms with van der Waals surface area (Å²) >= 11 is 6.06. The van der Waals surface area contributed by atoms with Crippen molar-refractivity contribution in [2.24, 2.45) is 5.73 Å². The molecular formula is C17H26ClN3O2. The Morgan fingerprint density at radius 2 is 1.87 bits per heavy atom. The van der Waals surface area contributed by atoms with Crippen molar-refractivity contribution in [2.45, 2.75) is 38.8 Å². The van der Waals surface area contributed by atoms with Gasteiger partial charge in [0.2, 0.25) is 5.91 Å². The summed E-state index contributed by atoms with van der Waals surface area (Å²) in [7, 11) is 3.45. The van der Waals surface area contributed by atoms with Gasteiger partial charge in [0.1, 0.15) is 0 Å². The van der Waals surface area contributed by atoms with Gasteiger partial charge < -0.3 is 15.5 Å². The molecule has 0 saturated carbocycles. The van der Waals surface area contributed by atoms with Crippen LogP contribution in [0.5, 0.6) is 0 Å². The number of nitrogens with zero attached hydrogens (tertiary/aromatic N) is 2. The predicted molar refractivity (Wildman–Crippen MR) is 92.1 cm³/mol. The number of likely N-dealkylation sites (N-methyl/N-ethyl adjacent to an activating group) is 1. The number of hydrogen-bond acceptors (Lipinski definition) is 4. The summed E-state index contributed by atoms with van der Waals surface area (Å²) in [6.45, 7) is 5.42. The molecule has 5 nitrogen and oxygen atoms in total. The minimum atomic E-state index is -0.611. The Labute approximate surface area is 143 Å². The molecule has 1 fully saturated rings. The van der Waals surface area contributed by atoms with E-state index in [0.29, 0.717) is 24.3 Å². The van der Waals surface area contributed by atoms with E-state index in [1.54, 1.807) is 19.1 Å². The van der Waals surface area contributed by atoms with Crippen LogP contribution in [-0.2, 0) is 16.1 Å². The van der Waals surface area contributed by atoms with E-state index in [-0.39, 0.29) is 5.91 Å². The molecule has 6 heteroatoms. The first-order valence-corrected chi connectivity index (χ1v) is 8.25. The summed E-state index contributed by atoms with van der Waals surface area (Å²) in [5.74, 6) is 0.0342. The normalized spacial score (nSPS) is 18.0. The summed E-state index contributed by atoms with van der Waals surface area (Å²) in [5.41, 5.74) is 8.97. The van der Waals surface area contributed by atoms with Gasteiger partial charge in [-0.1, -0.05) is 11.6 Å². The molecule has 1 aromatic carbocycles. The van der Waals surface area contributed by atoms with Crippen LogP contribution in [0.25, 0.3) is 0 Å². The molecule has 0 bridgehead atoms. The molecule has 0 spiro atoms. The maximum absolute atomic E-state index is 12.7. The summed E-state index contributed by atoms with van der Waals surface area (Å²) in [5, 5.41) is 2.57. The van der Waals surface area contributed by atoms with E-state index in [1.165, 1.54) is 0 Å². The number of rotatable bonds is 4. The molecule has 1 saturated heterocycles. The maximum Gasteiger partial charge on any atom is 0.228 e. The molecule has 1 aromatic rings. The minimum Gasteiger partial charge on any atom is -0.327 e. The van der Waals surface area contributed by atoms with Crippen molar-refractivity contribution in [1.29, 1.82) is 0 Å². The summed E-state index contributed by atoms with van der Waals surface area (Å²) in [6.07, 6.45) is 1.74. The number of halogens is 1. The summed E-state index contributed by atoms with van der Waals surface area (Å²) < 4.78 is 0. The number of hydrogen-bond donors (Lipinski definition) is 1. The van der Waals surface area contributed by atoms with E-state index < -0.39 is 5.66 Å². The third kappa shape index (κ3) is 4.04. The van der Waals surface area contributed by atoms with Crippen LogP contribution in [0.15, 0.2) is 12.1 Å². The number of nitrogens with two attached hydrogens (primary N) is 1. The van der Waals surface area contributed by atoms with Gasteiger partial charge in [-0.2, -0.15) is 5.06 Å². The lowest BCUT2D eigenvalue weighted by atomic mass is 9.95. The number of aryl methyl sites for hydroxylation is 2. The number of carbonyl (C=O) groups excluding carboxylic acids is 1. The molecule has 1 aliphatic heterocycles. The highest BCUT2D eigenvalue weighted by atomic mass is 35.5. The second-order valence-electron chi connectivity index (χ2n) is 6.36. The average molecular weight is 340 g/mol. The first-order valence-electron chi connectivity index (χ1n) is 7.87. The Hall–Kier alpha value is -1.14. The molecule has 2 rings (SSSR count). The topological polar surface area (TPSA) is 58.8 Å². The first kappa shape index (κ1) is 18.2. The van der Waals surface area contributed by atoms with Crippen LogP contribution < -0.4 is 5.73 Å². The fourth-order valence-electron chi connectivity index (χ4n) is 3.13. The van der Waals surface area contributed by atoms with Crippen LogP contribution in [0.2, 0.25) is 5.02 Å². The van der Waals surface area contributed by atoms with Crippen LogP contribution in [0.4, 0.5) is 0 Å². The zero-order chi connectivity index (χ0) is 17.2. The third-order valence-corrected chi connectivity index (χ3v) is 5.10. The van der Waals surface area contributed by atoms with Crippen molar-refractivity contribution in [3.8, 4) is 0 Å². The molecule has 0 radical (unpaired) electrons. The van der Waals surface area contributed by atoms with E-state index in [1.807, 2.05) is 31.0 Å².